The third kappa shape index (κ3) is 4.44. The number of carbonyl (C=O) groups is 1. The molecule has 6 nitrogen and oxygen atoms in total. The number of halogens is 1. The van der Waals surface area contributed by atoms with E-state index in [0.717, 1.165) is 11.3 Å². The third-order valence-electron chi connectivity index (χ3n) is 4.06. The normalized spacial score (nSPS) is 11.8. The molecule has 2 aromatic carbocycles. The lowest BCUT2D eigenvalue weighted by Crippen LogP contribution is -2.38. The molecule has 7 heteroatoms. The fourth-order valence-electron chi connectivity index (χ4n) is 2.60. The van der Waals surface area contributed by atoms with Gasteiger partial charge in [0.05, 0.1) is 11.7 Å². The first-order valence-corrected chi connectivity index (χ1v) is 8.36. The molecule has 2 N–H and O–H groups in total. The minimum absolute atomic E-state index is 0.159. The number of aromatic nitrogens is 3. The second kappa shape index (κ2) is 8.24. The molecule has 0 radical (unpaired) electrons. The van der Waals surface area contributed by atoms with Gasteiger partial charge in [0.1, 0.15) is 18.5 Å². The number of carbonyl (C=O) groups excluding carboxylic acids is 1. The Kier molecular flexibility index (Phi) is 5.58. The molecular weight excluding hydrogens is 333 g/mol. The van der Waals surface area contributed by atoms with E-state index in [1.54, 1.807) is 29.2 Å². The largest absolute Gasteiger partial charge is 0.338 e. The van der Waals surface area contributed by atoms with Gasteiger partial charge in [-0.25, -0.2) is 18.9 Å². The number of rotatable bonds is 6. The van der Waals surface area contributed by atoms with Crippen molar-refractivity contribution in [2.45, 2.75) is 19.4 Å². The molecule has 0 saturated carbocycles. The van der Waals surface area contributed by atoms with Gasteiger partial charge >= 0.3 is 6.03 Å². The van der Waals surface area contributed by atoms with E-state index in [9.17, 15) is 9.18 Å². The molecule has 26 heavy (non-hydrogen) atoms. The van der Waals surface area contributed by atoms with Gasteiger partial charge in [-0.05, 0) is 42.7 Å². The van der Waals surface area contributed by atoms with Crippen molar-refractivity contribution in [1.29, 1.82) is 0 Å². The van der Waals surface area contributed by atoms with Crippen LogP contribution in [0, 0.1) is 5.82 Å². The van der Waals surface area contributed by atoms with E-state index in [2.05, 4.69) is 20.7 Å². The van der Waals surface area contributed by atoms with E-state index < -0.39 is 0 Å². The lowest BCUT2D eigenvalue weighted by Gasteiger charge is -2.15. The van der Waals surface area contributed by atoms with Crippen LogP contribution in [0.5, 0.6) is 0 Å². The summed E-state index contributed by atoms with van der Waals surface area (Å²) in [5, 5.41) is 9.70. The fourth-order valence-corrected chi connectivity index (χ4v) is 2.60. The number of urea groups is 1. The highest BCUT2D eigenvalue weighted by molar-refractivity contribution is 5.74. The minimum atomic E-state index is -0.283. The Balaban J connectivity index is 1.48. The van der Waals surface area contributed by atoms with Gasteiger partial charge in [-0.3, -0.25) is 0 Å². The van der Waals surface area contributed by atoms with Crippen LogP contribution < -0.4 is 10.6 Å². The van der Waals surface area contributed by atoms with E-state index in [4.69, 9.17) is 0 Å². The second-order valence-corrected chi connectivity index (χ2v) is 5.89. The Hall–Kier alpha value is -3.22. The molecule has 2 amide bonds. The lowest BCUT2D eigenvalue weighted by atomic mass is 10.1. The average Bonchev–Trinajstić information content (AvgIpc) is 3.18. The van der Waals surface area contributed by atoms with Crippen molar-refractivity contribution >= 4 is 6.03 Å². The van der Waals surface area contributed by atoms with Gasteiger partial charge in [0.2, 0.25) is 0 Å². The predicted molar refractivity (Wildman–Crippen MR) is 96.4 cm³/mol. The van der Waals surface area contributed by atoms with Gasteiger partial charge in [0.15, 0.2) is 0 Å². The average molecular weight is 353 g/mol. The standard InChI is InChI=1S/C19H20FN5O/c1-14(15-6-8-17(9-7-15)25-13-21-12-23-25)24-19(26)22-11-10-16-4-2-3-5-18(16)20/h2-9,12-14H,10-11H2,1H3,(H2,22,24,26). The van der Waals surface area contributed by atoms with Crippen molar-refractivity contribution in [2.75, 3.05) is 6.54 Å². The monoisotopic (exact) mass is 353 g/mol. The second-order valence-electron chi connectivity index (χ2n) is 5.89. The Bertz CT molecular complexity index is 849. The molecule has 0 aliphatic rings. The first kappa shape index (κ1) is 17.6. The fraction of sp³-hybridized carbons (Fsp3) is 0.211. The summed E-state index contributed by atoms with van der Waals surface area (Å²) in [6, 6.07) is 13.8. The van der Waals surface area contributed by atoms with Crippen molar-refractivity contribution in [2.24, 2.45) is 0 Å². The molecule has 0 aliphatic carbocycles. The van der Waals surface area contributed by atoms with E-state index in [1.807, 2.05) is 31.2 Å². The Morgan fingerprint density at radius 3 is 2.65 bits per heavy atom. The van der Waals surface area contributed by atoms with Crippen LogP contribution in [0.3, 0.4) is 0 Å². The molecule has 1 unspecified atom stereocenters. The summed E-state index contributed by atoms with van der Waals surface area (Å²) in [6.45, 7) is 2.27. The molecule has 0 bridgehead atoms. The van der Waals surface area contributed by atoms with Crippen molar-refractivity contribution in [3.63, 3.8) is 0 Å². The van der Waals surface area contributed by atoms with E-state index in [-0.39, 0.29) is 17.9 Å². The molecule has 1 heterocycles. The highest BCUT2D eigenvalue weighted by atomic mass is 19.1. The highest BCUT2D eigenvalue weighted by Gasteiger charge is 2.10. The van der Waals surface area contributed by atoms with Crippen LogP contribution in [0.15, 0.2) is 61.2 Å². The van der Waals surface area contributed by atoms with Crippen LogP contribution >= 0.6 is 0 Å². The van der Waals surface area contributed by atoms with Gasteiger partial charge in [0.25, 0.3) is 0 Å². The van der Waals surface area contributed by atoms with Crippen molar-refractivity contribution in [3.8, 4) is 5.69 Å². The number of hydrogen-bond donors (Lipinski definition) is 2. The molecule has 0 spiro atoms. The minimum Gasteiger partial charge on any atom is -0.338 e. The zero-order chi connectivity index (χ0) is 18.4. The SMILES string of the molecule is CC(NC(=O)NCCc1ccccc1F)c1ccc(-n2cncn2)cc1. The van der Waals surface area contributed by atoms with E-state index in [0.29, 0.717) is 18.5 Å². The zero-order valence-electron chi connectivity index (χ0n) is 14.4. The van der Waals surface area contributed by atoms with Crippen LogP contribution in [0.1, 0.15) is 24.1 Å². The number of benzene rings is 2. The van der Waals surface area contributed by atoms with E-state index >= 15 is 0 Å². The Morgan fingerprint density at radius 2 is 1.96 bits per heavy atom. The summed E-state index contributed by atoms with van der Waals surface area (Å²) in [4.78, 5) is 15.9. The summed E-state index contributed by atoms with van der Waals surface area (Å²) in [5.41, 5.74) is 2.45. The smallest absolute Gasteiger partial charge is 0.315 e. The molecule has 0 saturated heterocycles. The first-order valence-electron chi connectivity index (χ1n) is 8.36. The van der Waals surface area contributed by atoms with Gasteiger partial charge < -0.3 is 10.6 Å². The predicted octanol–water partition coefficient (Wildman–Crippen LogP) is 3.01. The molecule has 3 rings (SSSR count). The Morgan fingerprint density at radius 1 is 1.19 bits per heavy atom. The van der Waals surface area contributed by atoms with Crippen LogP contribution in [0.4, 0.5) is 9.18 Å². The van der Waals surface area contributed by atoms with Gasteiger partial charge in [-0.15, -0.1) is 0 Å². The topological polar surface area (TPSA) is 71.8 Å². The molecule has 0 fully saturated rings. The van der Waals surface area contributed by atoms with Crippen LogP contribution in [0.25, 0.3) is 5.69 Å². The van der Waals surface area contributed by atoms with Gasteiger partial charge in [-0.2, -0.15) is 5.10 Å². The van der Waals surface area contributed by atoms with Crippen molar-refractivity contribution in [3.05, 3.63) is 78.1 Å². The highest BCUT2D eigenvalue weighted by Crippen LogP contribution is 2.15. The summed E-state index contributed by atoms with van der Waals surface area (Å²) >= 11 is 0. The molecule has 1 atom stereocenters. The summed E-state index contributed by atoms with van der Waals surface area (Å²) in [6.07, 6.45) is 3.55. The number of nitrogens with one attached hydrogen (secondary N) is 2. The number of nitrogens with zero attached hydrogens (tertiary/aromatic N) is 3. The van der Waals surface area contributed by atoms with Crippen LogP contribution in [0.2, 0.25) is 0 Å². The quantitative estimate of drug-likeness (QED) is 0.716. The van der Waals surface area contributed by atoms with E-state index in [1.165, 1.54) is 12.4 Å². The number of amides is 2. The number of hydrogen-bond acceptors (Lipinski definition) is 3. The maximum atomic E-state index is 13.5. The third-order valence-corrected chi connectivity index (χ3v) is 4.06. The Labute approximate surface area is 151 Å². The van der Waals surface area contributed by atoms with Crippen LogP contribution in [-0.4, -0.2) is 27.3 Å². The summed E-state index contributed by atoms with van der Waals surface area (Å²) in [5.74, 6) is -0.254. The van der Waals surface area contributed by atoms with Crippen molar-refractivity contribution < 1.29 is 9.18 Å². The maximum absolute atomic E-state index is 13.5. The maximum Gasteiger partial charge on any atom is 0.315 e. The first-order chi connectivity index (χ1) is 12.6. The van der Waals surface area contributed by atoms with Gasteiger partial charge in [0, 0.05) is 6.54 Å². The lowest BCUT2D eigenvalue weighted by molar-refractivity contribution is 0.238. The molecule has 1 aromatic heterocycles. The summed E-state index contributed by atoms with van der Waals surface area (Å²) in [7, 11) is 0. The molecular formula is C19H20FN5O. The molecule has 0 aliphatic heterocycles. The summed E-state index contributed by atoms with van der Waals surface area (Å²) < 4.78 is 15.2. The molecule has 3 aromatic rings. The van der Waals surface area contributed by atoms with Gasteiger partial charge in [-0.1, -0.05) is 30.3 Å². The van der Waals surface area contributed by atoms with Crippen molar-refractivity contribution in [1.82, 2.24) is 25.4 Å². The van der Waals surface area contributed by atoms with Crippen LogP contribution in [-0.2, 0) is 6.42 Å². The zero-order valence-corrected chi connectivity index (χ0v) is 14.4. The molecule has 134 valence electrons.